The number of carbonyl (C=O) groups is 1. The van der Waals surface area contributed by atoms with Gasteiger partial charge in [-0.3, -0.25) is 0 Å². The maximum atomic E-state index is 14.5. The predicted molar refractivity (Wildman–Crippen MR) is 98.8 cm³/mol. The van der Waals surface area contributed by atoms with Gasteiger partial charge in [0.05, 0.1) is 26.9 Å². The summed E-state index contributed by atoms with van der Waals surface area (Å²) >= 11 is 0. The Kier molecular flexibility index (Phi) is 7.43. The second kappa shape index (κ2) is 9.78. The molecule has 1 unspecified atom stereocenters. The van der Waals surface area contributed by atoms with Crippen LogP contribution in [0.2, 0.25) is 0 Å². The van der Waals surface area contributed by atoms with E-state index in [0.29, 0.717) is 17.2 Å². The Labute approximate surface area is 158 Å². The number of esters is 1. The fourth-order valence-corrected chi connectivity index (χ4v) is 2.52. The average molecular weight is 377 g/mol. The number of methoxy groups -OCH3 is 2. The molecule has 2 N–H and O–H groups in total. The van der Waals surface area contributed by atoms with Crippen molar-refractivity contribution in [3.05, 3.63) is 53.6 Å². The molecule has 0 aliphatic carbocycles. The number of alkyl halides is 1. The molecule has 0 aliphatic heterocycles. The minimum absolute atomic E-state index is 0.0648. The number of rotatable bonds is 9. The Balaban J connectivity index is 2.35. The van der Waals surface area contributed by atoms with Gasteiger partial charge in [-0.1, -0.05) is 30.3 Å². The summed E-state index contributed by atoms with van der Waals surface area (Å²) in [6.45, 7) is 1.91. The number of ether oxygens (including phenoxy) is 4. The van der Waals surface area contributed by atoms with Crippen molar-refractivity contribution in [3.8, 4) is 17.2 Å². The van der Waals surface area contributed by atoms with Crippen LogP contribution in [-0.2, 0) is 16.1 Å². The van der Waals surface area contributed by atoms with Crippen molar-refractivity contribution < 1.29 is 28.1 Å². The first-order chi connectivity index (χ1) is 13.0. The van der Waals surface area contributed by atoms with Crippen LogP contribution >= 0.6 is 0 Å². The zero-order valence-electron chi connectivity index (χ0n) is 15.6. The van der Waals surface area contributed by atoms with Gasteiger partial charge in [0, 0.05) is 11.6 Å². The molecule has 0 amide bonds. The monoisotopic (exact) mass is 377 g/mol. The molecule has 7 heteroatoms. The number of halogens is 1. The molecule has 2 aromatic rings. The summed E-state index contributed by atoms with van der Waals surface area (Å²) < 4.78 is 35.6. The third kappa shape index (κ3) is 5.10. The Morgan fingerprint density at radius 2 is 1.70 bits per heavy atom. The molecule has 27 heavy (non-hydrogen) atoms. The van der Waals surface area contributed by atoms with Crippen LogP contribution in [0, 0.1) is 0 Å². The average Bonchev–Trinajstić information content (AvgIpc) is 2.71. The zero-order chi connectivity index (χ0) is 19.8. The molecule has 0 radical (unpaired) electrons. The Morgan fingerprint density at radius 1 is 1.07 bits per heavy atom. The highest BCUT2D eigenvalue weighted by molar-refractivity contribution is 5.76. The van der Waals surface area contributed by atoms with Crippen molar-refractivity contribution in [1.29, 1.82) is 0 Å². The summed E-state index contributed by atoms with van der Waals surface area (Å²) in [5, 5.41) is 0. The van der Waals surface area contributed by atoms with Crippen LogP contribution in [0.25, 0.3) is 0 Å². The molecule has 2 aromatic carbocycles. The number of hydrogen-bond acceptors (Lipinski definition) is 6. The summed E-state index contributed by atoms with van der Waals surface area (Å²) in [6, 6.07) is 11.3. The maximum Gasteiger partial charge on any atom is 0.342 e. The lowest BCUT2D eigenvalue weighted by molar-refractivity contribution is -0.149. The van der Waals surface area contributed by atoms with Crippen molar-refractivity contribution in [1.82, 2.24) is 0 Å². The van der Waals surface area contributed by atoms with Crippen LogP contribution in [0.4, 0.5) is 4.39 Å². The largest absolute Gasteiger partial charge is 0.493 e. The van der Waals surface area contributed by atoms with Gasteiger partial charge in [0.15, 0.2) is 11.5 Å². The van der Waals surface area contributed by atoms with Crippen molar-refractivity contribution in [2.24, 2.45) is 5.73 Å². The summed E-state index contributed by atoms with van der Waals surface area (Å²) in [5.74, 6) is 0.0406. The summed E-state index contributed by atoms with van der Waals surface area (Å²) in [7, 11) is 2.94. The minimum Gasteiger partial charge on any atom is -0.493 e. The molecule has 0 fully saturated rings. The molecular weight excluding hydrogens is 353 g/mol. The second-order valence-electron chi connectivity index (χ2n) is 5.70. The topological polar surface area (TPSA) is 80.0 Å². The van der Waals surface area contributed by atoms with Gasteiger partial charge in [-0.25, -0.2) is 9.18 Å². The van der Waals surface area contributed by atoms with Gasteiger partial charge in [-0.15, -0.1) is 0 Å². The van der Waals surface area contributed by atoms with E-state index in [1.54, 1.807) is 13.0 Å². The molecule has 2 rings (SSSR count). The van der Waals surface area contributed by atoms with E-state index in [2.05, 4.69) is 0 Å². The molecule has 6 nitrogen and oxygen atoms in total. The summed E-state index contributed by atoms with van der Waals surface area (Å²) in [6.07, 6.45) is -2.04. The molecular formula is C20H24FNO5. The van der Waals surface area contributed by atoms with E-state index in [1.165, 1.54) is 20.3 Å². The van der Waals surface area contributed by atoms with E-state index in [-0.39, 0.29) is 18.8 Å². The summed E-state index contributed by atoms with van der Waals surface area (Å²) in [4.78, 5) is 11.8. The van der Waals surface area contributed by atoms with Gasteiger partial charge in [0.25, 0.3) is 0 Å². The molecule has 0 saturated heterocycles. The van der Waals surface area contributed by atoms with Crippen LogP contribution in [0.5, 0.6) is 17.2 Å². The lowest BCUT2D eigenvalue weighted by Crippen LogP contribution is -2.32. The van der Waals surface area contributed by atoms with Gasteiger partial charge in [0.2, 0.25) is 6.17 Å². The highest BCUT2D eigenvalue weighted by atomic mass is 19.1. The number of carbonyl (C=O) groups excluding carboxylic acids is 1. The number of benzene rings is 2. The Hall–Kier alpha value is -2.80. The van der Waals surface area contributed by atoms with Crippen LogP contribution in [0.1, 0.15) is 24.1 Å². The normalized spacial score (nSPS) is 12.8. The van der Waals surface area contributed by atoms with Crippen molar-refractivity contribution in [3.63, 3.8) is 0 Å². The Morgan fingerprint density at radius 3 is 2.30 bits per heavy atom. The standard InChI is InChI=1S/C20H24FNO5/c1-4-26-20(23)18(21)19(22)14-10-16(24-2)17(25-3)11-15(14)27-12-13-8-6-5-7-9-13/h5-11,18-19H,4,12,22H2,1-3H3/t18?,19-/m1/s1. The van der Waals surface area contributed by atoms with E-state index < -0.39 is 18.2 Å². The van der Waals surface area contributed by atoms with Crippen molar-refractivity contribution in [2.45, 2.75) is 25.7 Å². The molecule has 0 bridgehead atoms. The van der Waals surface area contributed by atoms with Gasteiger partial charge >= 0.3 is 5.97 Å². The highest BCUT2D eigenvalue weighted by Gasteiger charge is 2.31. The van der Waals surface area contributed by atoms with Gasteiger partial charge < -0.3 is 24.7 Å². The molecule has 146 valence electrons. The SMILES string of the molecule is CCOC(=O)C(F)[C@H](N)c1cc(OC)c(OC)cc1OCc1ccccc1. The van der Waals surface area contributed by atoms with Crippen molar-refractivity contribution in [2.75, 3.05) is 20.8 Å². The van der Waals surface area contributed by atoms with Crippen LogP contribution in [-0.4, -0.2) is 33.0 Å². The third-order valence-electron chi connectivity index (χ3n) is 3.94. The molecule has 2 atom stereocenters. The maximum absolute atomic E-state index is 14.5. The first kappa shape index (κ1) is 20.5. The van der Waals surface area contributed by atoms with E-state index in [9.17, 15) is 9.18 Å². The van der Waals surface area contributed by atoms with E-state index in [4.69, 9.17) is 24.7 Å². The molecule has 0 saturated carbocycles. The predicted octanol–water partition coefficient (Wildman–Crippen LogP) is 3.18. The highest BCUT2D eigenvalue weighted by Crippen LogP contribution is 2.38. The van der Waals surface area contributed by atoms with E-state index in [0.717, 1.165) is 5.56 Å². The molecule has 0 aliphatic rings. The van der Waals surface area contributed by atoms with Gasteiger partial charge in [-0.05, 0) is 18.6 Å². The Bertz CT molecular complexity index is 754. The van der Waals surface area contributed by atoms with Crippen LogP contribution in [0.3, 0.4) is 0 Å². The van der Waals surface area contributed by atoms with Crippen LogP contribution < -0.4 is 19.9 Å². The van der Waals surface area contributed by atoms with Gasteiger partial charge in [-0.2, -0.15) is 0 Å². The van der Waals surface area contributed by atoms with E-state index >= 15 is 0 Å². The lowest BCUT2D eigenvalue weighted by atomic mass is 10.0. The first-order valence-corrected chi connectivity index (χ1v) is 8.50. The molecule has 0 spiro atoms. The second-order valence-corrected chi connectivity index (χ2v) is 5.70. The van der Waals surface area contributed by atoms with E-state index in [1.807, 2.05) is 30.3 Å². The smallest absolute Gasteiger partial charge is 0.342 e. The third-order valence-corrected chi connectivity index (χ3v) is 3.94. The summed E-state index contributed by atoms with van der Waals surface area (Å²) in [5.41, 5.74) is 7.21. The number of hydrogen-bond donors (Lipinski definition) is 1. The quantitative estimate of drug-likeness (QED) is 0.676. The molecule has 0 aromatic heterocycles. The zero-order valence-corrected chi connectivity index (χ0v) is 15.6. The molecule has 0 heterocycles. The van der Waals surface area contributed by atoms with Crippen molar-refractivity contribution >= 4 is 5.97 Å². The fraction of sp³-hybridized carbons (Fsp3) is 0.350. The first-order valence-electron chi connectivity index (χ1n) is 8.50. The lowest BCUT2D eigenvalue weighted by Gasteiger charge is -2.21. The van der Waals surface area contributed by atoms with Crippen LogP contribution in [0.15, 0.2) is 42.5 Å². The number of nitrogens with two attached hydrogens (primary N) is 1. The van der Waals surface area contributed by atoms with Gasteiger partial charge in [0.1, 0.15) is 12.4 Å². The minimum atomic E-state index is -2.04. The fourth-order valence-electron chi connectivity index (χ4n) is 2.52.